The normalized spacial score (nSPS) is 15.1. The molecule has 3 rings (SSSR count). The van der Waals surface area contributed by atoms with Gasteiger partial charge in [0.05, 0.1) is 11.3 Å². The molecule has 0 radical (unpaired) electrons. The van der Waals surface area contributed by atoms with Crippen LogP contribution < -0.4 is 10.2 Å². The lowest BCUT2D eigenvalue weighted by Gasteiger charge is -2.30. The highest BCUT2D eigenvalue weighted by molar-refractivity contribution is 7.07. The van der Waals surface area contributed by atoms with Crippen molar-refractivity contribution < 1.29 is 9.59 Å². The van der Waals surface area contributed by atoms with Gasteiger partial charge in [-0.15, -0.1) is 0 Å². The predicted octanol–water partition coefficient (Wildman–Crippen LogP) is 2.73. The van der Waals surface area contributed by atoms with E-state index in [9.17, 15) is 14.4 Å². The average molecular weight is 373 g/mol. The van der Waals surface area contributed by atoms with Crippen LogP contribution in [0.5, 0.6) is 0 Å². The number of nitrogens with one attached hydrogen (secondary N) is 1. The second kappa shape index (κ2) is 7.86. The maximum absolute atomic E-state index is 12.9. The van der Waals surface area contributed by atoms with Crippen LogP contribution in [0.15, 0.2) is 34.4 Å². The molecule has 0 atom stereocenters. The molecule has 1 aliphatic heterocycles. The third-order valence-electron chi connectivity index (χ3n) is 4.78. The Balaban J connectivity index is 1.74. The topological polar surface area (TPSA) is 71.4 Å². The second-order valence-electron chi connectivity index (χ2n) is 6.80. The Hall–Kier alpha value is -2.41. The minimum atomic E-state index is -0.318. The first kappa shape index (κ1) is 18.4. The summed E-state index contributed by atoms with van der Waals surface area (Å²) in [5, 5.41) is 4.52. The quantitative estimate of drug-likeness (QED) is 0.896. The van der Waals surface area contributed by atoms with Gasteiger partial charge < -0.3 is 10.2 Å². The Bertz CT molecular complexity index is 863. The Morgan fingerprint density at radius 1 is 1.23 bits per heavy atom. The molecular weight excluding hydrogens is 350 g/mol. The molecule has 2 aromatic rings. The molecule has 1 aromatic heterocycles. The van der Waals surface area contributed by atoms with E-state index in [1.807, 2.05) is 4.90 Å². The minimum absolute atomic E-state index is 0.0576. The van der Waals surface area contributed by atoms with Crippen molar-refractivity contribution in [2.45, 2.75) is 33.2 Å². The van der Waals surface area contributed by atoms with Gasteiger partial charge in [0.1, 0.15) is 6.54 Å². The monoisotopic (exact) mass is 373 g/mol. The predicted molar refractivity (Wildman–Crippen MR) is 103 cm³/mol. The van der Waals surface area contributed by atoms with E-state index in [1.165, 1.54) is 4.57 Å². The molecule has 2 heterocycles. The summed E-state index contributed by atoms with van der Waals surface area (Å²) < 4.78 is 1.43. The Morgan fingerprint density at radius 3 is 2.58 bits per heavy atom. The first-order valence-electron chi connectivity index (χ1n) is 8.79. The van der Waals surface area contributed by atoms with Gasteiger partial charge in [-0.3, -0.25) is 19.0 Å². The number of amides is 2. The number of aryl methyl sites for hydroxylation is 1. The molecule has 0 spiro atoms. The molecule has 0 unspecified atom stereocenters. The molecule has 2 amide bonds. The van der Waals surface area contributed by atoms with E-state index in [2.05, 4.69) is 12.2 Å². The van der Waals surface area contributed by atoms with Crippen LogP contribution in [0.25, 0.3) is 0 Å². The van der Waals surface area contributed by atoms with Gasteiger partial charge in [0, 0.05) is 24.2 Å². The standard InChI is InChI=1S/C19H23N3O3S/c1-13-7-9-21(10-8-13)18(24)15-5-3-4-6-16(15)20-17(23)11-22-14(2)12-26-19(22)25/h3-6,12-13H,7-11H2,1-2H3,(H,20,23). The van der Waals surface area contributed by atoms with Gasteiger partial charge in [0.2, 0.25) is 5.91 Å². The van der Waals surface area contributed by atoms with E-state index >= 15 is 0 Å². The first-order valence-corrected chi connectivity index (χ1v) is 9.66. The number of carbonyl (C=O) groups is 2. The van der Waals surface area contributed by atoms with Gasteiger partial charge in [-0.25, -0.2) is 0 Å². The van der Waals surface area contributed by atoms with Gasteiger partial charge in [0.25, 0.3) is 5.91 Å². The summed E-state index contributed by atoms with van der Waals surface area (Å²) in [5.41, 5.74) is 1.73. The fourth-order valence-corrected chi connectivity index (χ4v) is 3.82. The number of aromatic nitrogens is 1. The number of piperidine rings is 1. The molecule has 0 saturated carbocycles. The summed E-state index contributed by atoms with van der Waals surface area (Å²) in [5.74, 6) is 0.263. The molecule has 1 N–H and O–H groups in total. The van der Waals surface area contributed by atoms with Crippen molar-refractivity contribution in [1.29, 1.82) is 0 Å². The number of thiazole rings is 1. The van der Waals surface area contributed by atoms with Crippen molar-refractivity contribution in [3.8, 4) is 0 Å². The Labute approximate surface area is 156 Å². The lowest BCUT2D eigenvalue weighted by molar-refractivity contribution is -0.116. The highest BCUT2D eigenvalue weighted by Gasteiger charge is 2.23. The number of likely N-dealkylation sites (tertiary alicyclic amines) is 1. The van der Waals surface area contributed by atoms with Crippen molar-refractivity contribution in [3.63, 3.8) is 0 Å². The van der Waals surface area contributed by atoms with E-state index in [0.29, 0.717) is 17.2 Å². The molecule has 1 fully saturated rings. The molecule has 0 aliphatic carbocycles. The average Bonchev–Trinajstić information content (AvgIpc) is 2.94. The fraction of sp³-hybridized carbons (Fsp3) is 0.421. The van der Waals surface area contributed by atoms with E-state index < -0.39 is 0 Å². The SMILES string of the molecule is Cc1csc(=O)n1CC(=O)Nc1ccccc1C(=O)N1CCC(C)CC1. The molecule has 6 nitrogen and oxygen atoms in total. The maximum atomic E-state index is 12.9. The molecule has 1 aliphatic rings. The van der Waals surface area contributed by atoms with Gasteiger partial charge in [-0.05, 0) is 37.8 Å². The van der Waals surface area contributed by atoms with Crippen LogP contribution in [0.3, 0.4) is 0 Å². The van der Waals surface area contributed by atoms with E-state index in [1.54, 1.807) is 36.6 Å². The van der Waals surface area contributed by atoms with Gasteiger partial charge in [0.15, 0.2) is 0 Å². The largest absolute Gasteiger partial charge is 0.339 e. The van der Waals surface area contributed by atoms with E-state index in [4.69, 9.17) is 0 Å². The van der Waals surface area contributed by atoms with Crippen molar-refractivity contribution in [1.82, 2.24) is 9.47 Å². The zero-order valence-corrected chi connectivity index (χ0v) is 15.8. The number of nitrogens with zero attached hydrogens (tertiary/aromatic N) is 2. The molecular formula is C19H23N3O3S. The Morgan fingerprint density at radius 2 is 1.92 bits per heavy atom. The number of benzene rings is 1. The molecule has 7 heteroatoms. The zero-order valence-electron chi connectivity index (χ0n) is 15.0. The zero-order chi connectivity index (χ0) is 18.7. The van der Waals surface area contributed by atoms with Gasteiger partial charge in [-0.1, -0.05) is 30.4 Å². The van der Waals surface area contributed by atoms with E-state index in [-0.39, 0.29) is 23.2 Å². The summed E-state index contributed by atoms with van der Waals surface area (Å²) >= 11 is 1.07. The number of carbonyl (C=O) groups excluding carboxylic acids is 2. The number of para-hydroxylation sites is 1. The molecule has 1 aromatic carbocycles. The fourth-order valence-electron chi connectivity index (χ4n) is 3.09. The summed E-state index contributed by atoms with van der Waals surface area (Å²) in [4.78, 5) is 38.7. The van der Waals surface area contributed by atoms with Crippen LogP contribution >= 0.6 is 11.3 Å². The van der Waals surface area contributed by atoms with E-state index in [0.717, 1.165) is 43.0 Å². The minimum Gasteiger partial charge on any atom is -0.339 e. The van der Waals surface area contributed by atoms with Gasteiger partial charge in [-0.2, -0.15) is 0 Å². The third-order valence-corrected chi connectivity index (χ3v) is 5.66. The first-order chi connectivity index (χ1) is 12.5. The van der Waals surface area contributed by atoms with Crippen LogP contribution in [0, 0.1) is 12.8 Å². The lowest BCUT2D eigenvalue weighted by atomic mass is 9.98. The number of rotatable bonds is 4. The maximum Gasteiger partial charge on any atom is 0.307 e. The Kier molecular flexibility index (Phi) is 5.56. The van der Waals surface area contributed by atoms with Crippen molar-refractivity contribution in [3.05, 3.63) is 50.6 Å². The smallest absolute Gasteiger partial charge is 0.307 e. The molecule has 1 saturated heterocycles. The molecule has 26 heavy (non-hydrogen) atoms. The van der Waals surface area contributed by atoms with Crippen LogP contribution in [0.2, 0.25) is 0 Å². The summed E-state index contributed by atoms with van der Waals surface area (Å²) in [7, 11) is 0. The van der Waals surface area contributed by atoms with Crippen molar-refractivity contribution in [2.24, 2.45) is 5.92 Å². The number of anilines is 1. The summed E-state index contributed by atoms with van der Waals surface area (Å²) in [6.07, 6.45) is 2.00. The third kappa shape index (κ3) is 4.04. The van der Waals surface area contributed by atoms with Gasteiger partial charge >= 0.3 is 4.87 Å². The van der Waals surface area contributed by atoms with Crippen molar-refractivity contribution >= 4 is 28.8 Å². The highest BCUT2D eigenvalue weighted by Crippen LogP contribution is 2.22. The summed E-state index contributed by atoms with van der Waals surface area (Å²) in [6, 6.07) is 7.04. The second-order valence-corrected chi connectivity index (χ2v) is 7.62. The van der Waals surface area contributed by atoms with Crippen molar-refractivity contribution in [2.75, 3.05) is 18.4 Å². The summed E-state index contributed by atoms with van der Waals surface area (Å²) in [6.45, 7) is 5.42. The lowest BCUT2D eigenvalue weighted by Crippen LogP contribution is -2.38. The highest BCUT2D eigenvalue weighted by atomic mass is 32.1. The molecule has 138 valence electrons. The van der Waals surface area contributed by atoms with Crippen LogP contribution in [-0.4, -0.2) is 34.4 Å². The van der Waals surface area contributed by atoms with Crippen LogP contribution in [-0.2, 0) is 11.3 Å². The number of hydrogen-bond acceptors (Lipinski definition) is 4. The van der Waals surface area contributed by atoms with Crippen LogP contribution in [0.4, 0.5) is 5.69 Å². The molecule has 0 bridgehead atoms. The number of hydrogen-bond donors (Lipinski definition) is 1. The van der Waals surface area contributed by atoms with Crippen LogP contribution in [0.1, 0.15) is 35.8 Å².